The second kappa shape index (κ2) is 8.27. The maximum atomic E-state index is 13.2. The largest absolute Gasteiger partial charge is 0.322 e. The number of rotatable bonds is 5. The molecule has 0 bridgehead atoms. The van der Waals surface area contributed by atoms with Crippen LogP contribution in [0.2, 0.25) is 0 Å². The van der Waals surface area contributed by atoms with E-state index in [4.69, 9.17) is 4.98 Å². The van der Waals surface area contributed by atoms with Crippen molar-refractivity contribution in [2.24, 2.45) is 0 Å². The van der Waals surface area contributed by atoms with Gasteiger partial charge in [0, 0.05) is 16.6 Å². The minimum Gasteiger partial charge on any atom is -0.322 e. The van der Waals surface area contributed by atoms with Crippen LogP contribution < -0.4 is 5.32 Å². The zero-order valence-electron chi connectivity index (χ0n) is 16.8. The number of benzene rings is 3. The van der Waals surface area contributed by atoms with Crippen LogP contribution in [0.25, 0.3) is 22.2 Å². The first kappa shape index (κ1) is 18.9. The molecule has 4 aromatic rings. The Hall–Kier alpha value is -3.46. The number of anilines is 1. The highest BCUT2D eigenvalue weighted by Crippen LogP contribution is 2.26. The van der Waals surface area contributed by atoms with Crippen LogP contribution in [0.5, 0.6) is 0 Å². The molecule has 3 aromatic carbocycles. The number of hydrogen-bond donors (Lipinski definition) is 1. The Morgan fingerprint density at radius 3 is 2.34 bits per heavy atom. The molecule has 0 aliphatic rings. The summed E-state index contributed by atoms with van der Waals surface area (Å²) in [6, 6.07) is 26.0. The van der Waals surface area contributed by atoms with Crippen molar-refractivity contribution < 1.29 is 4.79 Å². The molecule has 3 heteroatoms. The summed E-state index contributed by atoms with van der Waals surface area (Å²) < 4.78 is 0. The lowest BCUT2D eigenvalue weighted by molar-refractivity contribution is 0.102. The summed E-state index contributed by atoms with van der Waals surface area (Å²) in [6.45, 7) is 4.23. The predicted octanol–water partition coefficient (Wildman–Crippen LogP) is 6.28. The van der Waals surface area contributed by atoms with E-state index in [2.05, 4.69) is 43.4 Å². The van der Waals surface area contributed by atoms with Gasteiger partial charge >= 0.3 is 0 Å². The number of nitrogens with one attached hydrogen (secondary N) is 1. The maximum Gasteiger partial charge on any atom is 0.256 e. The first-order valence-electron chi connectivity index (χ1n) is 10.1. The Morgan fingerprint density at radius 2 is 1.59 bits per heavy atom. The van der Waals surface area contributed by atoms with Gasteiger partial charge in [-0.2, -0.15) is 0 Å². The quantitative estimate of drug-likeness (QED) is 0.443. The van der Waals surface area contributed by atoms with Gasteiger partial charge in [0.1, 0.15) is 0 Å². The number of amides is 1. The van der Waals surface area contributed by atoms with E-state index >= 15 is 0 Å². The average Bonchev–Trinajstić information content (AvgIpc) is 2.78. The number of aromatic nitrogens is 1. The van der Waals surface area contributed by atoms with Crippen molar-refractivity contribution in [2.75, 3.05) is 5.32 Å². The summed E-state index contributed by atoms with van der Waals surface area (Å²) in [6.07, 6.45) is 1.86. The molecule has 0 fully saturated rings. The zero-order valence-corrected chi connectivity index (χ0v) is 16.8. The molecule has 0 saturated heterocycles. The highest BCUT2D eigenvalue weighted by Gasteiger charge is 2.15. The third kappa shape index (κ3) is 3.90. The topological polar surface area (TPSA) is 42.0 Å². The smallest absolute Gasteiger partial charge is 0.256 e. The van der Waals surface area contributed by atoms with Gasteiger partial charge in [-0.1, -0.05) is 74.5 Å². The van der Waals surface area contributed by atoms with E-state index in [1.807, 2.05) is 54.6 Å². The Balaban J connectivity index is 1.79. The van der Waals surface area contributed by atoms with E-state index < -0.39 is 0 Å². The Labute approximate surface area is 171 Å². The Morgan fingerprint density at radius 1 is 0.862 bits per heavy atom. The van der Waals surface area contributed by atoms with E-state index in [9.17, 15) is 4.79 Å². The van der Waals surface area contributed by atoms with Crippen LogP contribution in [0.3, 0.4) is 0 Å². The Kier molecular flexibility index (Phi) is 5.39. The molecule has 4 rings (SSSR count). The van der Waals surface area contributed by atoms with Gasteiger partial charge in [-0.15, -0.1) is 0 Å². The number of aryl methyl sites for hydroxylation is 2. The second-order valence-corrected chi connectivity index (χ2v) is 7.09. The fourth-order valence-corrected chi connectivity index (χ4v) is 3.56. The number of pyridine rings is 1. The van der Waals surface area contributed by atoms with Gasteiger partial charge in [0.2, 0.25) is 0 Å². The molecular formula is C26H24N2O. The van der Waals surface area contributed by atoms with Crippen LogP contribution in [0.1, 0.15) is 35.3 Å². The third-order valence-electron chi connectivity index (χ3n) is 5.27. The van der Waals surface area contributed by atoms with Gasteiger partial charge in [-0.05, 0) is 42.2 Å². The number of para-hydroxylation sites is 2. The van der Waals surface area contributed by atoms with Gasteiger partial charge in [0.25, 0.3) is 5.91 Å². The molecule has 144 valence electrons. The second-order valence-electron chi connectivity index (χ2n) is 7.09. The zero-order chi connectivity index (χ0) is 20.2. The first-order chi connectivity index (χ1) is 14.2. The fourth-order valence-electron chi connectivity index (χ4n) is 3.56. The molecule has 0 unspecified atom stereocenters. The van der Waals surface area contributed by atoms with E-state index in [1.165, 1.54) is 5.56 Å². The average molecular weight is 380 g/mol. The van der Waals surface area contributed by atoms with E-state index in [0.29, 0.717) is 5.56 Å². The minimum absolute atomic E-state index is 0.115. The molecule has 1 aromatic heterocycles. The van der Waals surface area contributed by atoms with Crippen LogP contribution in [0.4, 0.5) is 5.69 Å². The highest BCUT2D eigenvalue weighted by atomic mass is 16.1. The monoisotopic (exact) mass is 380 g/mol. The van der Waals surface area contributed by atoms with Crippen molar-refractivity contribution in [1.82, 2.24) is 4.98 Å². The molecule has 0 aliphatic carbocycles. The number of carbonyl (C=O) groups is 1. The van der Waals surface area contributed by atoms with Gasteiger partial charge < -0.3 is 5.32 Å². The van der Waals surface area contributed by atoms with Crippen LogP contribution in [0, 0.1) is 0 Å². The number of fused-ring (bicyclic) bond motifs is 1. The molecule has 0 spiro atoms. The van der Waals surface area contributed by atoms with Crippen molar-refractivity contribution in [2.45, 2.75) is 26.7 Å². The summed E-state index contributed by atoms with van der Waals surface area (Å²) >= 11 is 0. The molecule has 29 heavy (non-hydrogen) atoms. The van der Waals surface area contributed by atoms with Crippen LogP contribution >= 0.6 is 0 Å². The van der Waals surface area contributed by atoms with Crippen molar-refractivity contribution >= 4 is 22.5 Å². The fraction of sp³-hybridized carbons (Fsp3) is 0.154. The first-order valence-corrected chi connectivity index (χ1v) is 10.1. The lowest BCUT2D eigenvalue weighted by Crippen LogP contribution is -2.14. The van der Waals surface area contributed by atoms with Crippen molar-refractivity contribution in [3.05, 3.63) is 95.6 Å². The minimum atomic E-state index is -0.115. The Bertz CT molecular complexity index is 1160. The summed E-state index contributed by atoms with van der Waals surface area (Å²) in [5, 5.41) is 3.95. The van der Waals surface area contributed by atoms with E-state index in [-0.39, 0.29) is 5.91 Å². The molecule has 0 atom stereocenters. The molecule has 1 amide bonds. The number of hydrogen-bond acceptors (Lipinski definition) is 2. The van der Waals surface area contributed by atoms with Gasteiger partial charge in [0.15, 0.2) is 0 Å². The summed E-state index contributed by atoms with van der Waals surface area (Å²) in [5.74, 6) is -0.115. The SMILES string of the molecule is CCc1ccc(-c2cc(C(=O)Nc3ccccc3CC)c3ccccc3n2)cc1. The molecule has 0 saturated carbocycles. The lowest BCUT2D eigenvalue weighted by Gasteiger charge is -2.13. The summed E-state index contributed by atoms with van der Waals surface area (Å²) in [4.78, 5) is 18.0. The predicted molar refractivity (Wildman–Crippen MR) is 120 cm³/mol. The van der Waals surface area contributed by atoms with E-state index in [1.54, 1.807) is 0 Å². The molecule has 0 aliphatic heterocycles. The number of nitrogens with zero attached hydrogens (tertiary/aromatic N) is 1. The van der Waals surface area contributed by atoms with Crippen LogP contribution in [-0.4, -0.2) is 10.9 Å². The lowest BCUT2D eigenvalue weighted by atomic mass is 10.0. The third-order valence-corrected chi connectivity index (χ3v) is 5.27. The molecule has 1 heterocycles. The number of carbonyl (C=O) groups excluding carboxylic acids is 1. The highest BCUT2D eigenvalue weighted by molar-refractivity contribution is 6.13. The van der Waals surface area contributed by atoms with Gasteiger partial charge in [-0.3, -0.25) is 4.79 Å². The molecule has 0 radical (unpaired) electrons. The van der Waals surface area contributed by atoms with Crippen molar-refractivity contribution in [3.63, 3.8) is 0 Å². The summed E-state index contributed by atoms with van der Waals surface area (Å²) in [7, 11) is 0. The maximum absolute atomic E-state index is 13.2. The van der Waals surface area contributed by atoms with Crippen LogP contribution in [0.15, 0.2) is 78.9 Å². The normalized spacial score (nSPS) is 10.8. The molecule has 1 N–H and O–H groups in total. The standard InChI is InChI=1S/C26H24N2O/c1-3-18-13-15-20(16-14-18)25-17-22(21-10-6-8-12-24(21)27-25)26(29)28-23-11-7-5-9-19(23)4-2/h5-17H,3-4H2,1-2H3,(H,28,29). The van der Waals surface area contributed by atoms with Gasteiger partial charge in [0.05, 0.1) is 16.8 Å². The van der Waals surface area contributed by atoms with Crippen molar-refractivity contribution in [3.8, 4) is 11.3 Å². The van der Waals surface area contributed by atoms with Crippen molar-refractivity contribution in [1.29, 1.82) is 0 Å². The molecule has 3 nitrogen and oxygen atoms in total. The van der Waals surface area contributed by atoms with Gasteiger partial charge in [-0.25, -0.2) is 4.98 Å². The summed E-state index contributed by atoms with van der Waals surface area (Å²) in [5.41, 5.74) is 6.53. The van der Waals surface area contributed by atoms with Crippen LogP contribution in [-0.2, 0) is 12.8 Å². The molecular weight excluding hydrogens is 356 g/mol. The van der Waals surface area contributed by atoms with E-state index in [0.717, 1.165) is 46.3 Å².